The second-order valence-corrected chi connectivity index (χ2v) is 3.75. The Balaban J connectivity index is 1.87. The number of hydrogen-bond acceptors (Lipinski definition) is 7. The van der Waals surface area contributed by atoms with E-state index < -0.39 is 0 Å². The maximum Gasteiger partial charge on any atom is 0.263 e. The molecule has 0 bridgehead atoms. The Morgan fingerprint density at radius 1 is 1.60 bits per heavy atom. The van der Waals surface area contributed by atoms with Gasteiger partial charge in [-0.1, -0.05) is 17.2 Å². The Morgan fingerprint density at radius 3 is 3.15 bits per heavy atom. The predicted molar refractivity (Wildman–Crippen MR) is 71.0 cm³/mol. The van der Waals surface area contributed by atoms with Gasteiger partial charge in [0.25, 0.3) is 11.9 Å². The molecule has 1 amide bonds. The summed E-state index contributed by atoms with van der Waals surface area (Å²) in [7, 11) is 1.58. The number of nitrogens with two attached hydrogens (primary N) is 1. The van der Waals surface area contributed by atoms with Crippen molar-refractivity contribution in [3.05, 3.63) is 29.8 Å². The molecule has 0 spiro atoms. The first kappa shape index (κ1) is 13.5. The number of aromatic nitrogens is 4. The van der Waals surface area contributed by atoms with Gasteiger partial charge in [-0.3, -0.25) is 4.79 Å². The van der Waals surface area contributed by atoms with Gasteiger partial charge in [-0.2, -0.15) is 9.90 Å². The van der Waals surface area contributed by atoms with E-state index in [0.29, 0.717) is 5.75 Å². The van der Waals surface area contributed by atoms with Gasteiger partial charge in [0.15, 0.2) is 0 Å². The lowest BCUT2D eigenvalue weighted by Gasteiger charge is -2.00. The molecule has 104 valence electrons. The second kappa shape index (κ2) is 6.27. The number of nitrogens with one attached hydrogen (secondary N) is 1. The van der Waals surface area contributed by atoms with Crippen LogP contribution in [0, 0.1) is 0 Å². The molecule has 0 saturated carbocycles. The number of carbonyl (C=O) groups excluding carboxylic acids is 1. The summed E-state index contributed by atoms with van der Waals surface area (Å²) in [5.41, 5.74) is 8.42. The monoisotopic (exact) mass is 275 g/mol. The fourth-order valence-electron chi connectivity index (χ4n) is 1.39. The highest BCUT2D eigenvalue weighted by molar-refractivity contribution is 5.82. The lowest BCUT2D eigenvalue weighted by Crippen LogP contribution is -2.24. The van der Waals surface area contributed by atoms with Crippen LogP contribution in [0.1, 0.15) is 5.56 Å². The van der Waals surface area contributed by atoms with Crippen LogP contribution in [0.2, 0.25) is 0 Å². The van der Waals surface area contributed by atoms with Crippen molar-refractivity contribution in [1.29, 1.82) is 0 Å². The van der Waals surface area contributed by atoms with E-state index in [4.69, 9.17) is 10.5 Å². The molecule has 20 heavy (non-hydrogen) atoms. The third-order valence-corrected chi connectivity index (χ3v) is 2.25. The smallest absolute Gasteiger partial charge is 0.263 e. The molecule has 0 aliphatic heterocycles. The maximum atomic E-state index is 11.5. The third kappa shape index (κ3) is 3.77. The molecule has 9 nitrogen and oxygen atoms in total. The Morgan fingerprint density at radius 2 is 2.45 bits per heavy atom. The SMILES string of the molecule is COc1cccc(/C=N/NC(=O)Cn2nnc(N)n2)c1. The number of hydrogen-bond donors (Lipinski definition) is 2. The van der Waals surface area contributed by atoms with E-state index in [0.717, 1.165) is 10.4 Å². The number of nitrogens with zero attached hydrogens (tertiary/aromatic N) is 5. The minimum Gasteiger partial charge on any atom is -0.497 e. The van der Waals surface area contributed by atoms with Crippen molar-refractivity contribution in [3.8, 4) is 5.75 Å². The summed E-state index contributed by atoms with van der Waals surface area (Å²) >= 11 is 0. The summed E-state index contributed by atoms with van der Waals surface area (Å²) < 4.78 is 5.08. The Bertz CT molecular complexity index is 623. The molecule has 0 atom stereocenters. The van der Waals surface area contributed by atoms with Crippen LogP contribution in [-0.2, 0) is 11.3 Å². The van der Waals surface area contributed by atoms with Crippen molar-refractivity contribution in [1.82, 2.24) is 25.6 Å². The van der Waals surface area contributed by atoms with Gasteiger partial charge in [0, 0.05) is 0 Å². The van der Waals surface area contributed by atoms with E-state index in [-0.39, 0.29) is 18.4 Å². The molecule has 0 saturated heterocycles. The van der Waals surface area contributed by atoms with Crippen LogP contribution in [0.5, 0.6) is 5.75 Å². The summed E-state index contributed by atoms with van der Waals surface area (Å²) in [6.07, 6.45) is 1.50. The number of rotatable bonds is 5. The molecule has 0 fully saturated rings. The molecule has 1 aromatic heterocycles. The predicted octanol–water partition coefficient (Wildman–Crippen LogP) is -0.586. The highest BCUT2D eigenvalue weighted by Crippen LogP contribution is 2.10. The van der Waals surface area contributed by atoms with Crippen LogP contribution in [-0.4, -0.2) is 39.4 Å². The highest BCUT2D eigenvalue weighted by atomic mass is 16.5. The average Bonchev–Trinajstić information content (AvgIpc) is 2.84. The van der Waals surface area contributed by atoms with Crippen LogP contribution < -0.4 is 15.9 Å². The Labute approximate surface area is 114 Å². The van der Waals surface area contributed by atoms with E-state index in [9.17, 15) is 4.79 Å². The van der Waals surface area contributed by atoms with Crippen LogP contribution in [0.4, 0.5) is 5.95 Å². The maximum absolute atomic E-state index is 11.5. The van der Waals surface area contributed by atoms with Gasteiger partial charge < -0.3 is 10.5 Å². The largest absolute Gasteiger partial charge is 0.497 e. The highest BCUT2D eigenvalue weighted by Gasteiger charge is 2.04. The van der Waals surface area contributed by atoms with Crippen molar-refractivity contribution in [2.75, 3.05) is 12.8 Å². The van der Waals surface area contributed by atoms with Crippen molar-refractivity contribution in [2.24, 2.45) is 5.10 Å². The van der Waals surface area contributed by atoms with Gasteiger partial charge in [-0.05, 0) is 22.9 Å². The minimum absolute atomic E-state index is 0.0117. The van der Waals surface area contributed by atoms with Crippen molar-refractivity contribution >= 4 is 18.1 Å². The number of nitrogen functional groups attached to an aromatic ring is 1. The number of carbonyl (C=O) groups is 1. The zero-order valence-electron chi connectivity index (χ0n) is 10.7. The molecule has 2 rings (SSSR count). The number of tetrazole rings is 1. The van der Waals surface area contributed by atoms with Crippen molar-refractivity contribution < 1.29 is 9.53 Å². The molecule has 3 N–H and O–H groups in total. The number of amides is 1. The van der Waals surface area contributed by atoms with Gasteiger partial charge in [-0.25, -0.2) is 5.43 Å². The summed E-state index contributed by atoms with van der Waals surface area (Å²) in [4.78, 5) is 12.6. The number of methoxy groups -OCH3 is 1. The number of anilines is 1. The summed E-state index contributed by atoms with van der Waals surface area (Å²) in [6.45, 7) is -0.111. The molecular weight excluding hydrogens is 262 g/mol. The average molecular weight is 275 g/mol. The summed E-state index contributed by atoms with van der Waals surface area (Å²) in [5.74, 6) is 0.335. The molecule has 0 aliphatic carbocycles. The number of hydrazone groups is 1. The molecule has 1 aromatic carbocycles. The summed E-state index contributed by atoms with van der Waals surface area (Å²) in [6, 6.07) is 7.26. The number of benzene rings is 1. The second-order valence-electron chi connectivity index (χ2n) is 3.75. The normalized spacial score (nSPS) is 10.7. The zero-order valence-corrected chi connectivity index (χ0v) is 10.7. The van der Waals surface area contributed by atoms with Crippen LogP contribution >= 0.6 is 0 Å². The van der Waals surface area contributed by atoms with Crippen LogP contribution in [0.3, 0.4) is 0 Å². The first-order chi connectivity index (χ1) is 9.67. The molecule has 2 aromatic rings. The van der Waals surface area contributed by atoms with Gasteiger partial charge in [0.2, 0.25) is 0 Å². The first-order valence-corrected chi connectivity index (χ1v) is 5.66. The standard InChI is InChI=1S/C11H13N7O2/c1-20-9-4-2-3-8(5-9)6-13-14-10(19)7-18-16-11(12)15-17-18/h2-6H,7H2,1H3,(H2,12,16)(H,14,19)/b13-6+. The molecular formula is C11H13N7O2. The third-order valence-electron chi connectivity index (χ3n) is 2.25. The van der Waals surface area contributed by atoms with E-state index in [1.807, 2.05) is 18.2 Å². The Hall–Kier alpha value is -2.97. The van der Waals surface area contributed by atoms with Crippen molar-refractivity contribution in [3.63, 3.8) is 0 Å². The first-order valence-electron chi connectivity index (χ1n) is 5.66. The van der Waals surface area contributed by atoms with Gasteiger partial charge in [0.05, 0.1) is 13.3 Å². The van der Waals surface area contributed by atoms with Gasteiger partial charge in [0.1, 0.15) is 12.3 Å². The van der Waals surface area contributed by atoms with Gasteiger partial charge >= 0.3 is 0 Å². The van der Waals surface area contributed by atoms with E-state index >= 15 is 0 Å². The number of ether oxygens (including phenoxy) is 1. The zero-order chi connectivity index (χ0) is 14.4. The Kier molecular flexibility index (Phi) is 4.22. The van der Waals surface area contributed by atoms with E-state index in [2.05, 4.69) is 25.9 Å². The molecule has 9 heteroatoms. The molecule has 0 aliphatic rings. The molecule has 0 radical (unpaired) electrons. The molecule has 1 heterocycles. The lowest BCUT2D eigenvalue weighted by atomic mass is 10.2. The quantitative estimate of drug-likeness (QED) is 0.556. The fraction of sp³-hybridized carbons (Fsp3) is 0.182. The lowest BCUT2D eigenvalue weighted by molar-refractivity contribution is -0.122. The topological polar surface area (TPSA) is 120 Å². The minimum atomic E-state index is -0.387. The van der Waals surface area contributed by atoms with E-state index in [1.54, 1.807) is 13.2 Å². The molecule has 0 unspecified atom stereocenters. The van der Waals surface area contributed by atoms with Crippen LogP contribution in [0.25, 0.3) is 0 Å². The van der Waals surface area contributed by atoms with Gasteiger partial charge in [-0.15, -0.1) is 5.10 Å². The van der Waals surface area contributed by atoms with Crippen LogP contribution in [0.15, 0.2) is 29.4 Å². The van der Waals surface area contributed by atoms with E-state index in [1.165, 1.54) is 6.21 Å². The fourth-order valence-corrected chi connectivity index (χ4v) is 1.39. The summed E-state index contributed by atoms with van der Waals surface area (Å²) in [5, 5.41) is 14.5. The van der Waals surface area contributed by atoms with Crippen molar-refractivity contribution in [2.45, 2.75) is 6.54 Å².